The van der Waals surface area contributed by atoms with Crippen LogP contribution in [-0.4, -0.2) is 89.2 Å². The molecule has 0 atom stereocenters. The molecule has 2 N–H and O–H groups in total. The van der Waals surface area contributed by atoms with E-state index in [0.717, 1.165) is 0 Å². The zero-order valence-electron chi connectivity index (χ0n) is 14.8. The Labute approximate surface area is 161 Å². The van der Waals surface area contributed by atoms with E-state index >= 15 is 0 Å². The number of hydrogen-bond acceptors (Lipinski definition) is 6. The summed E-state index contributed by atoms with van der Waals surface area (Å²) in [6.07, 6.45) is 1.35. The number of aromatic nitrogens is 1. The van der Waals surface area contributed by atoms with Gasteiger partial charge in [0.1, 0.15) is 17.1 Å². The van der Waals surface area contributed by atoms with Crippen LogP contribution < -0.4 is 5.73 Å². The largest absolute Gasteiger partial charge is 0.364 e. The van der Waals surface area contributed by atoms with Gasteiger partial charge < -0.3 is 20.1 Å². The highest BCUT2D eigenvalue weighted by Gasteiger charge is 2.32. The lowest BCUT2D eigenvalue weighted by Crippen LogP contribution is -2.52. The molecule has 12 heteroatoms. The Morgan fingerprint density at radius 3 is 2.41 bits per heavy atom. The Hall–Kier alpha value is -2.05. The predicted octanol–water partition coefficient (Wildman–Crippen LogP) is -1.51. The van der Waals surface area contributed by atoms with Gasteiger partial charge in [0.05, 0.1) is 11.6 Å². The van der Waals surface area contributed by atoms with Crippen molar-refractivity contribution in [2.75, 3.05) is 44.4 Å². The third-order valence-corrected chi connectivity index (χ3v) is 7.42. The number of nitrogens with two attached hydrogens (primary N) is 1. The van der Waals surface area contributed by atoms with Crippen molar-refractivity contribution in [2.45, 2.75) is 4.90 Å². The molecule has 2 aliphatic rings. The van der Waals surface area contributed by atoms with Crippen molar-refractivity contribution in [1.29, 1.82) is 0 Å². The van der Waals surface area contributed by atoms with E-state index in [0.29, 0.717) is 11.6 Å². The quantitative estimate of drug-likeness (QED) is 0.623. The fraction of sp³-hybridized carbons (Fsp3) is 0.533. The zero-order valence-corrected chi connectivity index (χ0v) is 16.5. The van der Waals surface area contributed by atoms with Crippen LogP contribution in [0, 0.1) is 0 Å². The third kappa shape index (κ3) is 3.96. The first kappa shape index (κ1) is 19.7. The highest BCUT2D eigenvalue weighted by Crippen LogP contribution is 2.20. The Balaban J connectivity index is 1.62. The number of carbonyl (C=O) groups is 3. The molecule has 0 radical (unpaired) electrons. The highest BCUT2D eigenvalue weighted by molar-refractivity contribution is 8.00. The Morgan fingerprint density at radius 1 is 1.22 bits per heavy atom. The number of carbonyl (C=O) groups excluding carboxylic acids is 3. The maximum Gasteiger partial charge on any atom is 0.265 e. The van der Waals surface area contributed by atoms with Gasteiger partial charge in [-0.2, -0.15) is 4.31 Å². The molecule has 148 valence electrons. The summed E-state index contributed by atoms with van der Waals surface area (Å²) in [6.45, 7) is 0.833. The molecule has 1 aromatic rings. The fourth-order valence-electron chi connectivity index (χ4n) is 3.05. The average Bonchev–Trinajstić information content (AvgIpc) is 3.21. The lowest BCUT2D eigenvalue weighted by atomic mass is 10.3. The molecule has 3 rings (SSSR count). The van der Waals surface area contributed by atoms with Gasteiger partial charge in [-0.25, -0.2) is 8.42 Å². The molecule has 10 nitrogen and oxygen atoms in total. The molecule has 0 bridgehead atoms. The number of primary amides is 1. The maximum atomic E-state index is 12.8. The summed E-state index contributed by atoms with van der Waals surface area (Å²) >= 11 is 1.47. The van der Waals surface area contributed by atoms with Gasteiger partial charge in [-0.05, 0) is 6.07 Å². The van der Waals surface area contributed by atoms with E-state index in [4.69, 9.17) is 5.73 Å². The third-order valence-electron chi connectivity index (χ3n) is 4.61. The molecule has 2 saturated heterocycles. The summed E-state index contributed by atoms with van der Waals surface area (Å²) in [7, 11) is -2.23. The zero-order chi connectivity index (χ0) is 19.8. The number of thioether (sulfide) groups is 1. The van der Waals surface area contributed by atoms with E-state index in [9.17, 15) is 22.8 Å². The van der Waals surface area contributed by atoms with Crippen molar-refractivity contribution in [3.05, 3.63) is 18.0 Å². The molecular formula is C15H21N5O5S2. The van der Waals surface area contributed by atoms with E-state index < -0.39 is 15.9 Å². The van der Waals surface area contributed by atoms with Crippen LogP contribution in [0.1, 0.15) is 10.5 Å². The minimum absolute atomic E-state index is 0.00161. The summed E-state index contributed by atoms with van der Waals surface area (Å²) in [5.41, 5.74) is 5.34. The van der Waals surface area contributed by atoms with Gasteiger partial charge >= 0.3 is 0 Å². The molecule has 3 heterocycles. The minimum Gasteiger partial charge on any atom is -0.364 e. The summed E-state index contributed by atoms with van der Waals surface area (Å²) in [6, 6.07) is 1.26. The molecule has 27 heavy (non-hydrogen) atoms. The monoisotopic (exact) mass is 415 g/mol. The van der Waals surface area contributed by atoms with E-state index in [-0.39, 0.29) is 55.1 Å². The van der Waals surface area contributed by atoms with Crippen LogP contribution in [0.3, 0.4) is 0 Å². The highest BCUT2D eigenvalue weighted by atomic mass is 32.2. The van der Waals surface area contributed by atoms with Crippen LogP contribution in [-0.2, 0) is 26.7 Å². The predicted molar refractivity (Wildman–Crippen MR) is 98.3 cm³/mol. The lowest BCUT2D eigenvalue weighted by molar-refractivity contribution is -0.138. The molecule has 3 amide bonds. The first-order valence-electron chi connectivity index (χ1n) is 8.30. The maximum absolute atomic E-state index is 12.8. The van der Waals surface area contributed by atoms with Crippen LogP contribution in [0.15, 0.2) is 17.2 Å². The SMILES string of the molecule is Cn1cc(S(=O)(=O)N2CCN(C(=O)CN3CSCC3=O)CC2)cc1C(N)=O. The van der Waals surface area contributed by atoms with Crippen LogP contribution >= 0.6 is 11.8 Å². The first-order valence-corrected chi connectivity index (χ1v) is 10.9. The molecule has 0 aliphatic carbocycles. The Morgan fingerprint density at radius 2 is 1.89 bits per heavy atom. The molecule has 1 aromatic heterocycles. The van der Waals surface area contributed by atoms with Crippen LogP contribution in [0.25, 0.3) is 0 Å². The molecule has 0 saturated carbocycles. The van der Waals surface area contributed by atoms with Gasteiger partial charge in [-0.1, -0.05) is 0 Å². The number of aryl methyl sites for hydroxylation is 1. The van der Waals surface area contributed by atoms with Gasteiger partial charge in [-0.3, -0.25) is 14.4 Å². The van der Waals surface area contributed by atoms with Gasteiger partial charge in [-0.15, -0.1) is 11.8 Å². The number of nitrogens with zero attached hydrogens (tertiary/aromatic N) is 4. The van der Waals surface area contributed by atoms with Gasteiger partial charge in [0, 0.05) is 39.4 Å². The normalized spacial score (nSPS) is 18.9. The van der Waals surface area contributed by atoms with Crippen LogP contribution in [0.2, 0.25) is 0 Å². The van der Waals surface area contributed by atoms with Crippen molar-refractivity contribution >= 4 is 39.5 Å². The second kappa shape index (κ2) is 7.52. The molecule has 2 fully saturated rings. The Kier molecular flexibility index (Phi) is 5.49. The summed E-state index contributed by atoms with van der Waals surface area (Å²) in [5.74, 6) is -0.0368. The van der Waals surface area contributed by atoms with Crippen LogP contribution in [0.5, 0.6) is 0 Å². The molecular weight excluding hydrogens is 394 g/mol. The lowest BCUT2D eigenvalue weighted by Gasteiger charge is -2.34. The fourth-order valence-corrected chi connectivity index (χ4v) is 5.45. The second-order valence-corrected chi connectivity index (χ2v) is 9.28. The van der Waals surface area contributed by atoms with E-state index in [1.807, 2.05) is 0 Å². The topological polar surface area (TPSA) is 126 Å². The first-order chi connectivity index (χ1) is 12.7. The number of hydrogen-bond donors (Lipinski definition) is 1. The van der Waals surface area contributed by atoms with Crippen LogP contribution in [0.4, 0.5) is 0 Å². The molecule has 0 spiro atoms. The number of sulfonamides is 1. The number of rotatable bonds is 5. The molecule has 0 unspecified atom stereocenters. The van der Waals surface area contributed by atoms with Crippen molar-refractivity contribution < 1.29 is 22.8 Å². The van der Waals surface area contributed by atoms with Crippen molar-refractivity contribution in [3.8, 4) is 0 Å². The van der Waals surface area contributed by atoms with Gasteiger partial charge in [0.25, 0.3) is 5.91 Å². The number of piperazine rings is 1. The Bertz CT molecular complexity index is 873. The summed E-state index contributed by atoms with van der Waals surface area (Å²) < 4.78 is 28.2. The summed E-state index contributed by atoms with van der Waals surface area (Å²) in [5, 5.41) is 0. The van der Waals surface area contributed by atoms with E-state index in [1.165, 1.54) is 37.8 Å². The van der Waals surface area contributed by atoms with Crippen molar-refractivity contribution in [1.82, 2.24) is 18.7 Å². The van der Waals surface area contributed by atoms with Gasteiger partial charge in [0.15, 0.2) is 0 Å². The van der Waals surface area contributed by atoms with Crippen molar-refractivity contribution in [3.63, 3.8) is 0 Å². The number of amides is 3. The van der Waals surface area contributed by atoms with E-state index in [2.05, 4.69) is 0 Å². The smallest absolute Gasteiger partial charge is 0.265 e. The summed E-state index contributed by atoms with van der Waals surface area (Å²) in [4.78, 5) is 38.4. The van der Waals surface area contributed by atoms with Crippen molar-refractivity contribution in [2.24, 2.45) is 12.8 Å². The second-order valence-electron chi connectivity index (χ2n) is 6.39. The molecule has 0 aromatic carbocycles. The average molecular weight is 415 g/mol. The molecule has 2 aliphatic heterocycles. The van der Waals surface area contributed by atoms with E-state index in [1.54, 1.807) is 11.9 Å². The standard InChI is InChI=1S/C15H21N5O5S2/c1-17-7-11(6-12(17)15(16)23)27(24,25)20-4-2-18(3-5-20)13(21)8-19-10-26-9-14(19)22/h6-7H,2-5,8-10H2,1H3,(H2,16,23). The minimum atomic E-state index is -3.78. The van der Waals surface area contributed by atoms with Gasteiger partial charge in [0.2, 0.25) is 21.8 Å².